The fourth-order valence-electron chi connectivity index (χ4n) is 1.97. The van der Waals surface area contributed by atoms with E-state index in [0.29, 0.717) is 24.5 Å². The molecular weight excluding hydrogens is 244 g/mol. The van der Waals surface area contributed by atoms with E-state index in [4.69, 9.17) is 14.9 Å². The first-order valence-electron chi connectivity index (χ1n) is 6.07. The zero-order chi connectivity index (χ0) is 13.2. The Morgan fingerprint density at radius 2 is 2.00 bits per heavy atom. The molecule has 0 radical (unpaired) electrons. The summed E-state index contributed by atoms with van der Waals surface area (Å²) >= 11 is 0. The number of benzene rings is 1. The van der Waals surface area contributed by atoms with Gasteiger partial charge in [0.2, 0.25) is 0 Å². The molecule has 3 rings (SSSR count). The second-order valence-corrected chi connectivity index (χ2v) is 4.50. The van der Waals surface area contributed by atoms with Gasteiger partial charge in [-0.1, -0.05) is 0 Å². The molecule has 1 fully saturated rings. The van der Waals surface area contributed by atoms with Crippen LogP contribution in [0.15, 0.2) is 47.1 Å². The lowest BCUT2D eigenvalue weighted by molar-refractivity contribution is 0.0155. The summed E-state index contributed by atoms with van der Waals surface area (Å²) in [4.78, 5) is 13.6. The predicted octanol–water partition coefficient (Wildman–Crippen LogP) is 1.77. The average molecular weight is 258 g/mol. The van der Waals surface area contributed by atoms with Crippen molar-refractivity contribution >= 4 is 11.6 Å². The summed E-state index contributed by atoms with van der Waals surface area (Å²) in [6.45, 7) is 1.15. The Morgan fingerprint density at radius 1 is 1.26 bits per heavy atom. The molecule has 0 atom stereocenters. The number of nitrogens with zero attached hydrogens (tertiary/aromatic N) is 1. The SMILES string of the molecule is Nc1ccc(OC2CN(C(=O)c3ccco3)C2)cc1. The molecule has 1 aromatic carbocycles. The van der Waals surface area contributed by atoms with Crippen molar-refractivity contribution in [3.05, 3.63) is 48.4 Å². The fourth-order valence-corrected chi connectivity index (χ4v) is 1.97. The van der Waals surface area contributed by atoms with Crippen molar-refractivity contribution in [3.63, 3.8) is 0 Å². The molecule has 1 amide bonds. The van der Waals surface area contributed by atoms with Crippen LogP contribution in [0.5, 0.6) is 5.75 Å². The van der Waals surface area contributed by atoms with E-state index in [1.165, 1.54) is 6.26 Å². The number of hydrogen-bond acceptors (Lipinski definition) is 4. The van der Waals surface area contributed by atoms with Crippen LogP contribution >= 0.6 is 0 Å². The maximum atomic E-state index is 11.9. The molecule has 0 bridgehead atoms. The van der Waals surface area contributed by atoms with Gasteiger partial charge in [0.15, 0.2) is 5.76 Å². The van der Waals surface area contributed by atoms with Gasteiger partial charge in [0, 0.05) is 5.69 Å². The van der Waals surface area contributed by atoms with E-state index in [1.807, 2.05) is 12.1 Å². The third-order valence-electron chi connectivity index (χ3n) is 3.05. The van der Waals surface area contributed by atoms with Crippen LogP contribution in [0, 0.1) is 0 Å². The van der Waals surface area contributed by atoms with E-state index in [-0.39, 0.29) is 12.0 Å². The quantitative estimate of drug-likeness (QED) is 0.852. The van der Waals surface area contributed by atoms with Crippen molar-refractivity contribution in [1.82, 2.24) is 4.90 Å². The zero-order valence-electron chi connectivity index (χ0n) is 10.3. The fraction of sp³-hybridized carbons (Fsp3) is 0.214. The van der Waals surface area contributed by atoms with Gasteiger partial charge < -0.3 is 19.8 Å². The van der Waals surface area contributed by atoms with Gasteiger partial charge >= 0.3 is 0 Å². The van der Waals surface area contributed by atoms with Crippen LogP contribution < -0.4 is 10.5 Å². The van der Waals surface area contributed by atoms with Gasteiger partial charge in [-0.15, -0.1) is 0 Å². The third-order valence-corrected chi connectivity index (χ3v) is 3.05. The summed E-state index contributed by atoms with van der Waals surface area (Å²) in [5.41, 5.74) is 6.31. The number of anilines is 1. The number of hydrogen-bond donors (Lipinski definition) is 1. The van der Waals surface area contributed by atoms with Crippen LogP contribution in [0.2, 0.25) is 0 Å². The maximum absolute atomic E-state index is 11.9. The van der Waals surface area contributed by atoms with Crippen LogP contribution in [0.4, 0.5) is 5.69 Å². The summed E-state index contributed by atoms with van der Waals surface area (Å²) in [6.07, 6.45) is 1.53. The molecule has 2 aromatic rings. The average Bonchev–Trinajstić information content (AvgIpc) is 2.88. The van der Waals surface area contributed by atoms with E-state index in [9.17, 15) is 4.79 Å². The highest BCUT2D eigenvalue weighted by Crippen LogP contribution is 2.20. The highest BCUT2D eigenvalue weighted by atomic mass is 16.5. The summed E-state index contributed by atoms with van der Waals surface area (Å²) in [6, 6.07) is 10.6. The van der Waals surface area contributed by atoms with Crippen LogP contribution in [-0.2, 0) is 0 Å². The van der Waals surface area contributed by atoms with Crippen molar-refractivity contribution in [3.8, 4) is 5.75 Å². The van der Waals surface area contributed by atoms with Crippen LogP contribution in [0.25, 0.3) is 0 Å². The van der Waals surface area contributed by atoms with E-state index in [0.717, 1.165) is 5.75 Å². The number of likely N-dealkylation sites (tertiary alicyclic amines) is 1. The Labute approximate surface area is 110 Å². The molecule has 2 N–H and O–H groups in total. The maximum Gasteiger partial charge on any atom is 0.289 e. The molecule has 5 nitrogen and oxygen atoms in total. The molecule has 5 heteroatoms. The van der Waals surface area contributed by atoms with Crippen LogP contribution in [0.3, 0.4) is 0 Å². The first-order valence-corrected chi connectivity index (χ1v) is 6.07. The van der Waals surface area contributed by atoms with Gasteiger partial charge in [0.05, 0.1) is 19.4 Å². The number of nitrogens with two attached hydrogens (primary N) is 1. The Kier molecular flexibility index (Phi) is 2.87. The zero-order valence-corrected chi connectivity index (χ0v) is 10.3. The number of amides is 1. The smallest absolute Gasteiger partial charge is 0.289 e. The Balaban J connectivity index is 1.53. The topological polar surface area (TPSA) is 68.7 Å². The minimum Gasteiger partial charge on any atom is -0.487 e. The van der Waals surface area contributed by atoms with Crippen molar-refractivity contribution in [2.75, 3.05) is 18.8 Å². The van der Waals surface area contributed by atoms with E-state index in [1.54, 1.807) is 29.2 Å². The van der Waals surface area contributed by atoms with Crippen molar-refractivity contribution in [1.29, 1.82) is 0 Å². The van der Waals surface area contributed by atoms with Gasteiger partial charge in [-0.3, -0.25) is 4.79 Å². The molecule has 0 saturated carbocycles. The minimum atomic E-state index is -0.0952. The van der Waals surface area contributed by atoms with Gasteiger partial charge in [-0.25, -0.2) is 0 Å². The van der Waals surface area contributed by atoms with Gasteiger partial charge in [-0.05, 0) is 36.4 Å². The lowest BCUT2D eigenvalue weighted by Gasteiger charge is -2.38. The Hall–Kier alpha value is -2.43. The Morgan fingerprint density at radius 3 is 2.63 bits per heavy atom. The molecule has 0 aliphatic carbocycles. The number of carbonyl (C=O) groups excluding carboxylic acids is 1. The lowest BCUT2D eigenvalue weighted by atomic mass is 10.1. The first kappa shape index (κ1) is 11.6. The van der Waals surface area contributed by atoms with Gasteiger partial charge in [0.25, 0.3) is 5.91 Å². The van der Waals surface area contributed by atoms with Crippen molar-refractivity contribution < 1.29 is 13.9 Å². The summed E-state index contributed by atoms with van der Waals surface area (Å²) < 4.78 is 10.8. The van der Waals surface area contributed by atoms with Gasteiger partial charge in [0.1, 0.15) is 11.9 Å². The normalized spacial score (nSPS) is 15.1. The van der Waals surface area contributed by atoms with Crippen LogP contribution in [0.1, 0.15) is 10.6 Å². The second kappa shape index (κ2) is 4.68. The minimum absolute atomic E-state index is 0.0301. The standard InChI is InChI=1S/C14H14N2O3/c15-10-3-5-11(6-4-10)19-12-8-16(9-12)14(17)13-2-1-7-18-13/h1-7,12H,8-9,15H2. The number of carbonyl (C=O) groups is 1. The molecule has 98 valence electrons. The summed E-state index contributed by atoms with van der Waals surface area (Å²) in [5.74, 6) is 1.04. The molecule has 2 heterocycles. The molecule has 1 aromatic heterocycles. The monoisotopic (exact) mass is 258 g/mol. The summed E-state index contributed by atoms with van der Waals surface area (Å²) in [7, 11) is 0. The predicted molar refractivity (Wildman–Crippen MR) is 69.9 cm³/mol. The number of nitrogen functional groups attached to an aromatic ring is 1. The van der Waals surface area contributed by atoms with E-state index in [2.05, 4.69) is 0 Å². The van der Waals surface area contributed by atoms with E-state index < -0.39 is 0 Å². The molecular formula is C14H14N2O3. The molecule has 1 aliphatic rings. The second-order valence-electron chi connectivity index (χ2n) is 4.50. The highest BCUT2D eigenvalue weighted by Gasteiger charge is 2.33. The highest BCUT2D eigenvalue weighted by molar-refractivity contribution is 5.92. The van der Waals surface area contributed by atoms with Crippen LogP contribution in [-0.4, -0.2) is 30.0 Å². The van der Waals surface area contributed by atoms with Crippen molar-refractivity contribution in [2.24, 2.45) is 0 Å². The molecule has 0 unspecified atom stereocenters. The Bertz CT molecular complexity index is 557. The molecule has 1 saturated heterocycles. The molecule has 0 spiro atoms. The summed E-state index contributed by atoms with van der Waals surface area (Å²) in [5, 5.41) is 0. The number of furan rings is 1. The van der Waals surface area contributed by atoms with Gasteiger partial charge in [-0.2, -0.15) is 0 Å². The number of rotatable bonds is 3. The third kappa shape index (κ3) is 2.40. The number of ether oxygens (including phenoxy) is 1. The van der Waals surface area contributed by atoms with E-state index >= 15 is 0 Å². The largest absolute Gasteiger partial charge is 0.487 e. The molecule has 1 aliphatic heterocycles. The van der Waals surface area contributed by atoms with Crippen molar-refractivity contribution in [2.45, 2.75) is 6.10 Å². The first-order chi connectivity index (χ1) is 9.22. The lowest BCUT2D eigenvalue weighted by Crippen LogP contribution is -2.56. The molecule has 19 heavy (non-hydrogen) atoms.